The van der Waals surface area contributed by atoms with Crippen LogP contribution < -0.4 is 10.6 Å². The first-order chi connectivity index (χ1) is 12.6. The molecule has 0 radical (unpaired) electrons. The van der Waals surface area contributed by atoms with Crippen LogP contribution in [0, 0.1) is 0 Å². The van der Waals surface area contributed by atoms with Gasteiger partial charge in [0.05, 0.1) is 6.61 Å². The lowest BCUT2D eigenvalue weighted by Gasteiger charge is -2.31. The fraction of sp³-hybridized carbons (Fsp3) is 0.556. The van der Waals surface area contributed by atoms with Gasteiger partial charge < -0.3 is 20.3 Å². The van der Waals surface area contributed by atoms with Gasteiger partial charge in [0.1, 0.15) is 5.69 Å². The van der Waals surface area contributed by atoms with Gasteiger partial charge >= 0.3 is 6.09 Å². The maximum absolute atomic E-state index is 12.4. The fourth-order valence-electron chi connectivity index (χ4n) is 2.87. The zero-order chi connectivity index (χ0) is 18.5. The van der Waals surface area contributed by atoms with Crippen LogP contribution in [-0.2, 0) is 4.74 Å². The van der Waals surface area contributed by atoms with Crippen LogP contribution in [0.25, 0.3) is 0 Å². The molecule has 1 aromatic heterocycles. The van der Waals surface area contributed by atoms with Crippen LogP contribution in [-0.4, -0.2) is 59.6 Å². The average Bonchev–Trinajstić information content (AvgIpc) is 3.46. The molecule has 1 aliphatic carbocycles. The number of amides is 3. The molecule has 8 nitrogen and oxygen atoms in total. The molecular weight excluding hydrogens is 336 g/mol. The van der Waals surface area contributed by atoms with Crippen LogP contribution in [0.3, 0.4) is 0 Å². The number of carbonyl (C=O) groups is 3. The average molecular weight is 360 g/mol. The highest BCUT2D eigenvalue weighted by atomic mass is 16.6. The Morgan fingerprint density at radius 3 is 2.42 bits per heavy atom. The first-order valence-electron chi connectivity index (χ1n) is 9.06. The predicted molar refractivity (Wildman–Crippen MR) is 93.8 cm³/mol. The Hall–Kier alpha value is -2.64. The number of carbonyl (C=O) groups excluding carboxylic acids is 3. The largest absolute Gasteiger partial charge is 0.450 e. The number of nitrogens with one attached hydrogen (secondary N) is 2. The summed E-state index contributed by atoms with van der Waals surface area (Å²) in [5.41, 5.74) is 0.662. The number of piperidine rings is 1. The Morgan fingerprint density at radius 1 is 1.12 bits per heavy atom. The van der Waals surface area contributed by atoms with Gasteiger partial charge in [-0.2, -0.15) is 0 Å². The van der Waals surface area contributed by atoms with Crippen LogP contribution in [0.1, 0.15) is 53.5 Å². The number of nitrogens with zero attached hydrogens (tertiary/aromatic N) is 2. The number of ether oxygens (including phenoxy) is 1. The van der Waals surface area contributed by atoms with Gasteiger partial charge in [0.15, 0.2) is 0 Å². The molecule has 3 amide bonds. The quantitative estimate of drug-likeness (QED) is 0.825. The Balaban J connectivity index is 1.52. The minimum absolute atomic E-state index is 0.0288. The normalized spacial score (nSPS) is 17.5. The molecule has 8 heteroatoms. The van der Waals surface area contributed by atoms with Gasteiger partial charge in [-0.3, -0.25) is 14.6 Å². The second-order valence-corrected chi connectivity index (χ2v) is 6.61. The predicted octanol–water partition coefficient (Wildman–Crippen LogP) is 1.32. The zero-order valence-electron chi connectivity index (χ0n) is 14.9. The molecule has 2 heterocycles. The molecule has 2 aliphatic rings. The zero-order valence-corrected chi connectivity index (χ0v) is 14.9. The molecule has 1 aromatic rings. The van der Waals surface area contributed by atoms with Crippen molar-refractivity contribution in [2.24, 2.45) is 0 Å². The summed E-state index contributed by atoms with van der Waals surface area (Å²) in [4.78, 5) is 41.9. The summed E-state index contributed by atoms with van der Waals surface area (Å²) in [7, 11) is 0. The molecule has 0 bridgehead atoms. The van der Waals surface area contributed by atoms with Crippen molar-refractivity contribution in [1.29, 1.82) is 0 Å². The summed E-state index contributed by atoms with van der Waals surface area (Å²) in [6, 6.07) is 3.35. The summed E-state index contributed by atoms with van der Waals surface area (Å²) < 4.78 is 4.99. The first-order valence-corrected chi connectivity index (χ1v) is 9.06. The van der Waals surface area contributed by atoms with Crippen molar-refractivity contribution in [3.05, 3.63) is 29.6 Å². The topological polar surface area (TPSA) is 101 Å². The molecule has 1 aliphatic heterocycles. The van der Waals surface area contributed by atoms with Crippen molar-refractivity contribution in [3.8, 4) is 0 Å². The van der Waals surface area contributed by atoms with Crippen LogP contribution in [0.2, 0.25) is 0 Å². The number of hydrogen-bond acceptors (Lipinski definition) is 5. The molecule has 2 fully saturated rings. The summed E-state index contributed by atoms with van der Waals surface area (Å²) in [5, 5.41) is 5.83. The standard InChI is InChI=1S/C18H24N4O4/c1-2-26-18(25)22-9-6-14(7-10-22)21-17(24)15-11-12(5-8-19-15)16(23)20-13-3-4-13/h5,8,11,13-14H,2-4,6-7,9-10H2,1H3,(H,20,23)(H,21,24). The first kappa shape index (κ1) is 18.2. The van der Waals surface area contributed by atoms with Crippen molar-refractivity contribution in [2.75, 3.05) is 19.7 Å². The van der Waals surface area contributed by atoms with Crippen molar-refractivity contribution in [2.45, 2.75) is 44.7 Å². The molecule has 3 rings (SSSR count). The number of pyridine rings is 1. The van der Waals surface area contributed by atoms with Gasteiger partial charge in [0.2, 0.25) is 0 Å². The van der Waals surface area contributed by atoms with E-state index in [2.05, 4.69) is 15.6 Å². The van der Waals surface area contributed by atoms with Crippen molar-refractivity contribution in [3.63, 3.8) is 0 Å². The lowest BCUT2D eigenvalue weighted by Crippen LogP contribution is -2.46. The summed E-state index contributed by atoms with van der Waals surface area (Å²) >= 11 is 0. The van der Waals surface area contributed by atoms with Crippen molar-refractivity contribution < 1.29 is 19.1 Å². The van der Waals surface area contributed by atoms with Crippen molar-refractivity contribution >= 4 is 17.9 Å². The van der Waals surface area contributed by atoms with E-state index < -0.39 is 0 Å². The van der Waals surface area contributed by atoms with Crippen LogP contribution in [0.5, 0.6) is 0 Å². The monoisotopic (exact) mass is 360 g/mol. The molecule has 2 N–H and O–H groups in total. The maximum Gasteiger partial charge on any atom is 0.409 e. The Kier molecular flexibility index (Phi) is 5.70. The van der Waals surface area contributed by atoms with E-state index >= 15 is 0 Å². The van der Waals surface area contributed by atoms with E-state index in [0.29, 0.717) is 38.1 Å². The third kappa shape index (κ3) is 4.71. The molecule has 0 unspecified atom stereocenters. The summed E-state index contributed by atoms with van der Waals surface area (Å²) in [6.45, 7) is 3.21. The summed E-state index contributed by atoms with van der Waals surface area (Å²) in [5.74, 6) is -0.479. The van der Waals surface area contributed by atoms with E-state index in [1.54, 1.807) is 17.9 Å². The number of hydrogen-bond donors (Lipinski definition) is 2. The smallest absolute Gasteiger partial charge is 0.409 e. The van der Waals surface area contributed by atoms with Crippen LogP contribution >= 0.6 is 0 Å². The van der Waals surface area contributed by atoms with E-state index in [0.717, 1.165) is 12.8 Å². The molecule has 1 saturated heterocycles. The Labute approximate surface area is 152 Å². The number of rotatable bonds is 5. The second-order valence-electron chi connectivity index (χ2n) is 6.61. The van der Waals surface area contributed by atoms with Crippen LogP contribution in [0.4, 0.5) is 4.79 Å². The van der Waals surface area contributed by atoms with E-state index in [9.17, 15) is 14.4 Å². The number of aromatic nitrogens is 1. The molecular formula is C18H24N4O4. The Bertz CT molecular complexity index is 682. The van der Waals surface area contributed by atoms with Gasteiger partial charge in [-0.15, -0.1) is 0 Å². The lowest BCUT2D eigenvalue weighted by atomic mass is 10.1. The third-order valence-electron chi connectivity index (χ3n) is 4.52. The fourth-order valence-corrected chi connectivity index (χ4v) is 2.87. The lowest BCUT2D eigenvalue weighted by molar-refractivity contribution is 0.0856. The SMILES string of the molecule is CCOC(=O)N1CCC(NC(=O)c2cc(C(=O)NC3CC3)ccn2)CC1. The minimum atomic E-state index is -0.312. The van der Waals surface area contributed by atoms with Gasteiger partial charge in [-0.1, -0.05) is 0 Å². The van der Waals surface area contributed by atoms with Gasteiger partial charge in [-0.25, -0.2) is 4.79 Å². The van der Waals surface area contributed by atoms with E-state index in [1.165, 1.54) is 12.3 Å². The molecule has 1 saturated carbocycles. The maximum atomic E-state index is 12.4. The highest BCUT2D eigenvalue weighted by molar-refractivity contribution is 5.98. The third-order valence-corrected chi connectivity index (χ3v) is 4.52. The highest BCUT2D eigenvalue weighted by Crippen LogP contribution is 2.19. The van der Waals surface area contributed by atoms with E-state index in [-0.39, 0.29) is 35.7 Å². The molecule has 0 aromatic carbocycles. The van der Waals surface area contributed by atoms with Crippen LogP contribution in [0.15, 0.2) is 18.3 Å². The molecule has 26 heavy (non-hydrogen) atoms. The highest BCUT2D eigenvalue weighted by Gasteiger charge is 2.26. The molecule has 140 valence electrons. The second kappa shape index (κ2) is 8.16. The molecule has 0 atom stereocenters. The Morgan fingerprint density at radius 2 is 1.77 bits per heavy atom. The van der Waals surface area contributed by atoms with E-state index in [4.69, 9.17) is 4.74 Å². The molecule has 0 spiro atoms. The van der Waals surface area contributed by atoms with Crippen molar-refractivity contribution in [1.82, 2.24) is 20.5 Å². The number of likely N-dealkylation sites (tertiary alicyclic amines) is 1. The van der Waals surface area contributed by atoms with Gasteiger partial charge in [0.25, 0.3) is 11.8 Å². The summed E-state index contributed by atoms with van der Waals surface area (Å²) in [6.07, 6.45) is 4.50. The van der Waals surface area contributed by atoms with Gasteiger partial charge in [-0.05, 0) is 44.7 Å². The van der Waals surface area contributed by atoms with Gasteiger partial charge in [0, 0.05) is 36.9 Å². The van der Waals surface area contributed by atoms with E-state index in [1.807, 2.05) is 0 Å². The minimum Gasteiger partial charge on any atom is -0.450 e.